The lowest BCUT2D eigenvalue weighted by molar-refractivity contribution is 0.327. The molecule has 0 aliphatic heterocycles. The number of methoxy groups -OCH3 is 3. The van der Waals surface area contributed by atoms with Crippen molar-refractivity contribution >= 4 is 47.2 Å². The average molecular weight is 400 g/mol. The van der Waals surface area contributed by atoms with Gasteiger partial charge in [-0.1, -0.05) is 0 Å². The number of anilines is 2. The Morgan fingerprint density at radius 1 is 0.885 bits per heavy atom. The minimum atomic E-state index is 0. The number of rotatable bonds is 5. The normalized spacial score (nSPS) is 9.65. The molecule has 0 fully saturated rings. The lowest BCUT2D eigenvalue weighted by Crippen LogP contribution is -2.00. The molecule has 2 aromatic carbocycles. The molecule has 0 atom stereocenters. The van der Waals surface area contributed by atoms with Gasteiger partial charge in [0.2, 0.25) is 5.75 Å². The van der Waals surface area contributed by atoms with Crippen molar-refractivity contribution in [3.63, 3.8) is 0 Å². The maximum atomic E-state index is 9.39. The first-order chi connectivity index (χ1) is 11.7. The maximum absolute atomic E-state index is 9.39. The fraction of sp³-hybridized carbons (Fsp3) is 0.176. The lowest BCUT2D eigenvalue weighted by atomic mass is 10.1. The van der Waals surface area contributed by atoms with Crippen LogP contribution in [0.2, 0.25) is 0 Å². The third-order valence-corrected chi connectivity index (χ3v) is 3.56. The second-order valence-electron chi connectivity index (χ2n) is 4.94. The van der Waals surface area contributed by atoms with Crippen molar-refractivity contribution in [3.8, 4) is 23.0 Å². The number of nitrogens with one attached hydrogen (secondary N) is 1. The van der Waals surface area contributed by atoms with Crippen molar-refractivity contribution < 1.29 is 19.3 Å². The Kier molecular flexibility index (Phi) is 7.55. The van der Waals surface area contributed by atoms with Crippen molar-refractivity contribution in [3.05, 3.63) is 36.7 Å². The quantitative estimate of drug-likeness (QED) is 0.628. The van der Waals surface area contributed by atoms with Crippen LogP contribution < -0.4 is 19.5 Å². The number of aromatic nitrogens is 2. The van der Waals surface area contributed by atoms with E-state index in [1.165, 1.54) is 6.33 Å². The SMILES string of the molecule is COc1cc2c(Nc3ccc(O)cc3)ncnc2c(OC)c1OC.Cl.Cl. The van der Waals surface area contributed by atoms with Crippen LogP contribution in [0.1, 0.15) is 0 Å². The van der Waals surface area contributed by atoms with Gasteiger partial charge in [-0.25, -0.2) is 9.97 Å². The molecular weight excluding hydrogens is 381 g/mol. The molecule has 7 nitrogen and oxygen atoms in total. The molecule has 0 radical (unpaired) electrons. The van der Waals surface area contributed by atoms with E-state index in [0.29, 0.717) is 28.6 Å². The largest absolute Gasteiger partial charge is 0.508 e. The molecule has 140 valence electrons. The van der Waals surface area contributed by atoms with Crippen LogP contribution >= 0.6 is 24.8 Å². The molecule has 0 unspecified atom stereocenters. The van der Waals surface area contributed by atoms with Gasteiger partial charge >= 0.3 is 0 Å². The van der Waals surface area contributed by atoms with Gasteiger partial charge in [-0.05, 0) is 30.3 Å². The molecule has 1 aromatic heterocycles. The van der Waals surface area contributed by atoms with E-state index in [0.717, 1.165) is 11.1 Å². The Morgan fingerprint density at radius 3 is 2.12 bits per heavy atom. The van der Waals surface area contributed by atoms with E-state index in [1.54, 1.807) is 51.7 Å². The average Bonchev–Trinajstić information content (AvgIpc) is 2.62. The van der Waals surface area contributed by atoms with E-state index in [4.69, 9.17) is 14.2 Å². The number of phenols is 1. The molecule has 0 aliphatic rings. The molecule has 26 heavy (non-hydrogen) atoms. The highest BCUT2D eigenvalue weighted by atomic mass is 35.5. The summed E-state index contributed by atoms with van der Waals surface area (Å²) in [7, 11) is 4.65. The van der Waals surface area contributed by atoms with Crippen LogP contribution in [0.5, 0.6) is 23.0 Å². The zero-order chi connectivity index (χ0) is 17.1. The van der Waals surface area contributed by atoms with Gasteiger partial charge in [0.25, 0.3) is 0 Å². The molecule has 3 rings (SSSR count). The second kappa shape index (κ2) is 9.17. The van der Waals surface area contributed by atoms with Crippen LogP contribution in [0.3, 0.4) is 0 Å². The van der Waals surface area contributed by atoms with E-state index in [2.05, 4.69) is 15.3 Å². The number of aromatic hydroxyl groups is 1. The Bertz CT molecular complexity index is 876. The number of hydrogen-bond donors (Lipinski definition) is 2. The number of phenolic OH excluding ortho intramolecular Hbond substituents is 1. The van der Waals surface area contributed by atoms with Gasteiger partial charge in [-0.15, -0.1) is 24.8 Å². The van der Waals surface area contributed by atoms with Crippen molar-refractivity contribution in [2.75, 3.05) is 26.6 Å². The van der Waals surface area contributed by atoms with Crippen molar-refractivity contribution in [1.82, 2.24) is 9.97 Å². The Morgan fingerprint density at radius 2 is 1.54 bits per heavy atom. The van der Waals surface area contributed by atoms with Crippen LogP contribution in [-0.2, 0) is 0 Å². The molecule has 1 heterocycles. The minimum absolute atomic E-state index is 0. The van der Waals surface area contributed by atoms with Gasteiger partial charge in [0, 0.05) is 5.69 Å². The lowest BCUT2D eigenvalue weighted by Gasteiger charge is -2.15. The smallest absolute Gasteiger partial charge is 0.205 e. The van der Waals surface area contributed by atoms with Crippen molar-refractivity contribution in [2.24, 2.45) is 0 Å². The van der Waals surface area contributed by atoms with Crippen LogP contribution in [0, 0.1) is 0 Å². The summed E-state index contributed by atoms with van der Waals surface area (Å²) in [4.78, 5) is 8.59. The molecule has 0 saturated carbocycles. The van der Waals surface area contributed by atoms with E-state index >= 15 is 0 Å². The van der Waals surface area contributed by atoms with Gasteiger partial charge in [0.1, 0.15) is 23.4 Å². The van der Waals surface area contributed by atoms with Gasteiger partial charge in [-0.2, -0.15) is 0 Å². The maximum Gasteiger partial charge on any atom is 0.205 e. The highest BCUT2D eigenvalue weighted by molar-refractivity contribution is 5.97. The summed E-state index contributed by atoms with van der Waals surface area (Å²) in [6.07, 6.45) is 1.44. The predicted octanol–water partition coefficient (Wildman–Crippen LogP) is 3.95. The molecule has 0 aliphatic carbocycles. The topological polar surface area (TPSA) is 85.7 Å². The van der Waals surface area contributed by atoms with Crippen LogP contribution in [-0.4, -0.2) is 36.4 Å². The summed E-state index contributed by atoms with van der Waals surface area (Å²) in [5.74, 6) is 2.25. The third kappa shape index (κ3) is 3.95. The molecule has 3 aromatic rings. The van der Waals surface area contributed by atoms with Gasteiger partial charge < -0.3 is 24.6 Å². The Balaban J connectivity index is 0.00000169. The van der Waals surface area contributed by atoms with Crippen LogP contribution in [0.25, 0.3) is 10.9 Å². The highest BCUT2D eigenvalue weighted by Gasteiger charge is 2.19. The number of halogens is 2. The first-order valence-corrected chi connectivity index (χ1v) is 7.17. The fourth-order valence-electron chi connectivity index (χ4n) is 2.44. The Hall–Kier alpha value is -2.64. The number of nitrogens with zero attached hydrogens (tertiary/aromatic N) is 2. The van der Waals surface area contributed by atoms with E-state index in [1.807, 2.05) is 0 Å². The van der Waals surface area contributed by atoms with Gasteiger partial charge in [0.05, 0.1) is 26.7 Å². The van der Waals surface area contributed by atoms with E-state index < -0.39 is 0 Å². The van der Waals surface area contributed by atoms with Gasteiger partial charge in [0.15, 0.2) is 11.5 Å². The summed E-state index contributed by atoms with van der Waals surface area (Å²) < 4.78 is 16.2. The molecule has 0 saturated heterocycles. The van der Waals surface area contributed by atoms with Crippen LogP contribution in [0.4, 0.5) is 11.5 Å². The molecule has 0 bridgehead atoms. The number of hydrogen-bond acceptors (Lipinski definition) is 7. The standard InChI is InChI=1S/C17H17N3O4.2ClH/c1-22-13-8-12-14(16(24-3)15(13)23-2)18-9-19-17(12)20-10-4-6-11(21)7-5-10;;/h4-9,21H,1-3H3,(H,18,19,20);2*1H. The van der Waals surface area contributed by atoms with Gasteiger partial charge in [-0.3, -0.25) is 0 Å². The van der Waals surface area contributed by atoms with Crippen molar-refractivity contribution in [1.29, 1.82) is 0 Å². The monoisotopic (exact) mass is 399 g/mol. The fourth-order valence-corrected chi connectivity index (χ4v) is 2.44. The molecule has 2 N–H and O–H groups in total. The van der Waals surface area contributed by atoms with Crippen molar-refractivity contribution in [2.45, 2.75) is 0 Å². The summed E-state index contributed by atoms with van der Waals surface area (Å²) >= 11 is 0. The zero-order valence-corrected chi connectivity index (χ0v) is 16.0. The first-order valence-electron chi connectivity index (χ1n) is 7.17. The zero-order valence-electron chi connectivity index (χ0n) is 14.3. The number of fused-ring (bicyclic) bond motifs is 1. The summed E-state index contributed by atoms with van der Waals surface area (Å²) in [6.45, 7) is 0. The summed E-state index contributed by atoms with van der Waals surface area (Å²) in [6, 6.07) is 8.48. The van der Waals surface area contributed by atoms with E-state index in [9.17, 15) is 5.11 Å². The minimum Gasteiger partial charge on any atom is -0.508 e. The third-order valence-electron chi connectivity index (χ3n) is 3.56. The Labute approximate surface area is 163 Å². The molecular formula is C17H19Cl2N3O4. The number of benzene rings is 2. The molecule has 0 spiro atoms. The molecule has 9 heteroatoms. The summed E-state index contributed by atoms with van der Waals surface area (Å²) in [5.41, 5.74) is 1.38. The second-order valence-corrected chi connectivity index (χ2v) is 4.94. The van der Waals surface area contributed by atoms with E-state index in [-0.39, 0.29) is 30.6 Å². The summed E-state index contributed by atoms with van der Waals surface area (Å²) in [5, 5.41) is 13.3. The first kappa shape index (κ1) is 21.4. The predicted molar refractivity (Wildman–Crippen MR) is 105 cm³/mol. The molecule has 0 amide bonds. The highest BCUT2D eigenvalue weighted by Crippen LogP contribution is 2.44. The van der Waals surface area contributed by atoms with Crippen LogP contribution in [0.15, 0.2) is 36.7 Å². The number of ether oxygens (including phenoxy) is 3.